The quantitative estimate of drug-likeness (QED) is 0.763. The lowest BCUT2D eigenvalue weighted by atomic mass is 10.1. The maximum Gasteiger partial charge on any atom is 0.282 e. The Morgan fingerprint density at radius 2 is 1.77 bits per heavy atom. The zero-order valence-electron chi connectivity index (χ0n) is 16.0. The van der Waals surface area contributed by atoms with Crippen LogP contribution in [0.3, 0.4) is 0 Å². The predicted octanol–water partition coefficient (Wildman–Crippen LogP) is 0.718. The van der Waals surface area contributed by atoms with Crippen molar-refractivity contribution in [3.8, 4) is 0 Å². The molecule has 3 aliphatic rings. The number of carbonyl (C=O) groups excluding carboxylic acids is 1. The monoisotopic (exact) mass is 381 g/mol. The molecule has 1 N–H and O–H groups in total. The summed E-state index contributed by atoms with van der Waals surface area (Å²) in [5.41, 5.74) is 1.42. The van der Waals surface area contributed by atoms with Gasteiger partial charge in [0.25, 0.3) is 5.91 Å². The van der Waals surface area contributed by atoms with Gasteiger partial charge >= 0.3 is 0 Å². The zero-order valence-corrected chi connectivity index (χ0v) is 16.8. The lowest BCUT2D eigenvalue weighted by molar-refractivity contribution is -0.953. The van der Waals surface area contributed by atoms with Crippen molar-refractivity contribution in [3.63, 3.8) is 0 Å². The number of quaternary nitrogens is 1. The Morgan fingerprint density at radius 3 is 2.31 bits per heavy atom. The fraction of sp³-hybridized carbons (Fsp3) is 0.611. The number of carbonyl (C=O) groups is 1. The van der Waals surface area contributed by atoms with Crippen molar-refractivity contribution in [2.45, 2.75) is 24.8 Å². The van der Waals surface area contributed by atoms with Crippen molar-refractivity contribution in [2.24, 2.45) is 0 Å². The van der Waals surface area contributed by atoms with E-state index in [9.17, 15) is 13.2 Å². The van der Waals surface area contributed by atoms with E-state index in [-0.39, 0.29) is 16.8 Å². The molecule has 3 saturated heterocycles. The normalized spacial score (nSPS) is 26.7. The number of amides is 1. The second-order valence-electron chi connectivity index (χ2n) is 7.66. The molecule has 1 atom stereocenters. The molecule has 3 fully saturated rings. The van der Waals surface area contributed by atoms with E-state index >= 15 is 0 Å². The molecule has 0 aromatic heterocycles. The summed E-state index contributed by atoms with van der Waals surface area (Å²) in [6, 6.07) is 4.73. The van der Waals surface area contributed by atoms with Gasteiger partial charge in [-0.2, -0.15) is 0 Å². The molecule has 1 amide bonds. The van der Waals surface area contributed by atoms with Crippen LogP contribution in [-0.2, 0) is 14.8 Å². The van der Waals surface area contributed by atoms with Crippen LogP contribution in [0, 0.1) is 6.92 Å². The Kier molecular flexibility index (Phi) is 5.13. The van der Waals surface area contributed by atoms with E-state index < -0.39 is 10.0 Å². The maximum atomic E-state index is 12.9. The number of nitrogens with one attached hydrogen (secondary N) is 1. The molecule has 0 aliphatic carbocycles. The minimum absolute atomic E-state index is 0.0390. The van der Waals surface area contributed by atoms with E-state index in [0.29, 0.717) is 5.69 Å². The van der Waals surface area contributed by atoms with Gasteiger partial charge in [-0.05, 0) is 31.5 Å². The molecule has 3 aliphatic heterocycles. The minimum Gasteiger partial charge on any atom is -0.321 e. The number of piperazine rings is 3. The van der Waals surface area contributed by atoms with Crippen molar-refractivity contribution in [3.05, 3.63) is 23.8 Å². The van der Waals surface area contributed by atoms with Crippen molar-refractivity contribution < 1.29 is 17.7 Å². The van der Waals surface area contributed by atoms with Gasteiger partial charge in [0.1, 0.15) is 0 Å². The van der Waals surface area contributed by atoms with Crippen LogP contribution >= 0.6 is 0 Å². The molecule has 3 heterocycles. The molecule has 0 unspecified atom stereocenters. The molecule has 144 valence electrons. The van der Waals surface area contributed by atoms with Crippen LogP contribution in [0.5, 0.6) is 0 Å². The number of anilines is 1. The molecule has 8 heteroatoms. The van der Waals surface area contributed by atoms with E-state index in [1.54, 1.807) is 18.2 Å². The van der Waals surface area contributed by atoms with Gasteiger partial charge in [0, 0.05) is 39.4 Å². The number of hydrogen-bond donors (Lipinski definition) is 1. The number of fused-ring (bicyclic) bond motifs is 3. The molecule has 0 radical (unpaired) electrons. The minimum atomic E-state index is -3.53. The molecule has 26 heavy (non-hydrogen) atoms. The third-order valence-electron chi connectivity index (χ3n) is 6.03. The Balaban J connectivity index is 1.81. The molecule has 7 nitrogen and oxygen atoms in total. The van der Waals surface area contributed by atoms with Crippen LogP contribution in [-0.4, -0.2) is 87.4 Å². The summed E-state index contributed by atoms with van der Waals surface area (Å²) >= 11 is 0. The van der Waals surface area contributed by atoms with E-state index in [4.69, 9.17) is 0 Å². The fourth-order valence-electron chi connectivity index (χ4n) is 3.87. The number of benzene rings is 1. The van der Waals surface area contributed by atoms with E-state index in [2.05, 4.69) is 10.2 Å². The second kappa shape index (κ2) is 6.92. The smallest absolute Gasteiger partial charge is 0.282 e. The largest absolute Gasteiger partial charge is 0.321 e. The summed E-state index contributed by atoms with van der Waals surface area (Å²) in [5, 5.41) is 2.98. The standard InChI is InChI=1S/C18H28N4O3S/c1-14-5-6-16(26(24,25)20(3)4)13-17(14)19-18(23)15(2)22-10-7-21(8-11-22)9-12-22/h5-6,13,15H,7-12H2,1-4H3/p+1/t15-/m0/s1. The third-order valence-corrected chi connectivity index (χ3v) is 7.84. The molecule has 2 bridgehead atoms. The first kappa shape index (κ1) is 19.3. The first-order chi connectivity index (χ1) is 12.2. The van der Waals surface area contributed by atoms with Crippen molar-refractivity contribution in [2.75, 3.05) is 58.7 Å². The molecular weight excluding hydrogens is 352 g/mol. The van der Waals surface area contributed by atoms with Gasteiger partial charge in [-0.3, -0.25) is 9.69 Å². The van der Waals surface area contributed by atoms with Gasteiger partial charge in [0.15, 0.2) is 6.04 Å². The van der Waals surface area contributed by atoms with Gasteiger partial charge in [-0.1, -0.05) is 6.07 Å². The van der Waals surface area contributed by atoms with Gasteiger partial charge in [-0.15, -0.1) is 0 Å². The Bertz CT molecular complexity index is 785. The molecule has 1 aromatic carbocycles. The highest BCUT2D eigenvalue weighted by Crippen LogP contribution is 2.26. The number of sulfonamides is 1. The Hall–Kier alpha value is -1.48. The fourth-order valence-corrected chi connectivity index (χ4v) is 4.79. The van der Waals surface area contributed by atoms with Crippen LogP contribution in [0.4, 0.5) is 5.69 Å². The number of hydrogen-bond acceptors (Lipinski definition) is 4. The van der Waals surface area contributed by atoms with Crippen LogP contribution in [0.25, 0.3) is 0 Å². The van der Waals surface area contributed by atoms with E-state index in [1.165, 1.54) is 18.4 Å². The van der Waals surface area contributed by atoms with Crippen LogP contribution in [0.15, 0.2) is 23.1 Å². The summed E-state index contributed by atoms with van der Waals surface area (Å²) < 4.78 is 26.7. The first-order valence-electron chi connectivity index (χ1n) is 9.08. The molecule has 0 spiro atoms. The van der Waals surface area contributed by atoms with Crippen LogP contribution in [0.1, 0.15) is 12.5 Å². The average molecular weight is 382 g/mol. The summed E-state index contributed by atoms with van der Waals surface area (Å²) in [6.45, 7) is 10.0. The van der Waals surface area contributed by atoms with Crippen molar-refractivity contribution >= 4 is 21.6 Å². The third kappa shape index (κ3) is 3.38. The highest BCUT2D eigenvalue weighted by atomic mass is 32.2. The Morgan fingerprint density at radius 1 is 1.19 bits per heavy atom. The van der Waals surface area contributed by atoms with Crippen molar-refractivity contribution in [1.29, 1.82) is 0 Å². The van der Waals surface area contributed by atoms with Gasteiger partial charge in [0.2, 0.25) is 10.0 Å². The van der Waals surface area contributed by atoms with E-state index in [0.717, 1.165) is 49.3 Å². The lowest BCUT2D eigenvalue weighted by Gasteiger charge is -2.52. The topological polar surface area (TPSA) is 69.7 Å². The predicted molar refractivity (Wildman–Crippen MR) is 101 cm³/mol. The van der Waals surface area contributed by atoms with Gasteiger partial charge in [0.05, 0.1) is 24.5 Å². The van der Waals surface area contributed by atoms with Gasteiger partial charge < -0.3 is 9.80 Å². The number of aryl methyl sites for hydroxylation is 1. The summed E-state index contributed by atoms with van der Waals surface area (Å²) in [4.78, 5) is 15.6. The summed E-state index contributed by atoms with van der Waals surface area (Å²) in [5.74, 6) is -0.0390. The van der Waals surface area contributed by atoms with Crippen LogP contribution in [0.2, 0.25) is 0 Å². The van der Waals surface area contributed by atoms with Gasteiger partial charge in [-0.25, -0.2) is 12.7 Å². The number of rotatable bonds is 5. The number of nitrogens with zero attached hydrogens (tertiary/aromatic N) is 3. The van der Waals surface area contributed by atoms with Crippen molar-refractivity contribution in [1.82, 2.24) is 9.21 Å². The Labute approximate surface area is 156 Å². The summed E-state index contributed by atoms with van der Waals surface area (Å²) in [7, 11) is -0.527. The molecular formula is C18H29N4O3S+. The first-order valence-corrected chi connectivity index (χ1v) is 10.5. The summed E-state index contributed by atoms with van der Waals surface area (Å²) in [6.07, 6.45) is 0. The maximum absolute atomic E-state index is 12.9. The highest BCUT2D eigenvalue weighted by molar-refractivity contribution is 7.89. The molecule has 4 rings (SSSR count). The second-order valence-corrected chi connectivity index (χ2v) is 9.81. The molecule has 1 aromatic rings. The average Bonchev–Trinajstić information content (AvgIpc) is 2.64. The zero-order chi connectivity index (χ0) is 19.1. The highest BCUT2D eigenvalue weighted by Gasteiger charge is 2.45. The molecule has 0 saturated carbocycles. The van der Waals surface area contributed by atoms with E-state index in [1.807, 2.05) is 13.8 Å². The van der Waals surface area contributed by atoms with Crippen LogP contribution < -0.4 is 5.32 Å². The lowest BCUT2D eigenvalue weighted by Crippen LogP contribution is -2.72. The SMILES string of the molecule is Cc1ccc(S(=O)(=O)N(C)C)cc1NC(=O)[C@H](C)[N+]12CCN(CC1)CC2.